The largest absolute Gasteiger partial charge is 0.416 e. The van der Waals surface area contributed by atoms with Gasteiger partial charge in [0, 0.05) is 19.2 Å². The molecule has 0 saturated carbocycles. The van der Waals surface area contributed by atoms with Crippen LogP contribution < -0.4 is 5.32 Å². The first-order valence-electron chi connectivity index (χ1n) is 8.13. The van der Waals surface area contributed by atoms with E-state index in [0.29, 0.717) is 5.56 Å². The fraction of sp³-hybridized carbons (Fsp3) is 0.263. The average Bonchev–Trinajstić information content (AvgIpc) is 2.59. The van der Waals surface area contributed by atoms with Gasteiger partial charge in [0.05, 0.1) is 12.1 Å². The topological polar surface area (TPSA) is 49.4 Å². The third-order valence-electron chi connectivity index (χ3n) is 3.86. The van der Waals surface area contributed by atoms with Crippen molar-refractivity contribution in [2.75, 3.05) is 18.4 Å². The van der Waals surface area contributed by atoms with Gasteiger partial charge in [0.15, 0.2) is 0 Å². The van der Waals surface area contributed by atoms with Gasteiger partial charge in [0.2, 0.25) is 11.8 Å². The first-order valence-corrected chi connectivity index (χ1v) is 8.13. The van der Waals surface area contributed by atoms with Crippen molar-refractivity contribution in [3.8, 4) is 0 Å². The van der Waals surface area contributed by atoms with Crippen molar-refractivity contribution in [2.24, 2.45) is 0 Å². The molecule has 0 atom stereocenters. The second-order valence-corrected chi connectivity index (χ2v) is 5.91. The number of anilines is 1. The van der Waals surface area contributed by atoms with E-state index >= 15 is 0 Å². The molecule has 2 rings (SSSR count). The number of carbonyl (C=O) groups excluding carboxylic acids is 2. The Hall–Kier alpha value is -2.90. The van der Waals surface area contributed by atoms with Gasteiger partial charge in [0.25, 0.3) is 0 Å². The van der Waals surface area contributed by atoms with Gasteiger partial charge in [0.1, 0.15) is 5.82 Å². The van der Waals surface area contributed by atoms with Gasteiger partial charge in [-0.3, -0.25) is 9.59 Å². The molecule has 4 nitrogen and oxygen atoms in total. The van der Waals surface area contributed by atoms with Crippen molar-refractivity contribution in [3.05, 3.63) is 65.5 Å². The number of benzene rings is 2. The molecular weight excluding hydrogens is 364 g/mol. The molecule has 1 N–H and O–H groups in total. The molecule has 8 heteroatoms. The van der Waals surface area contributed by atoms with E-state index in [-0.39, 0.29) is 25.2 Å². The average molecular weight is 382 g/mol. The lowest BCUT2D eigenvalue weighted by Crippen LogP contribution is -2.38. The zero-order valence-electron chi connectivity index (χ0n) is 14.5. The van der Waals surface area contributed by atoms with Gasteiger partial charge >= 0.3 is 6.18 Å². The molecule has 0 aliphatic heterocycles. The molecule has 144 valence electrons. The first kappa shape index (κ1) is 20.4. The van der Waals surface area contributed by atoms with Crippen molar-refractivity contribution in [1.82, 2.24) is 4.90 Å². The van der Waals surface area contributed by atoms with Crippen LogP contribution in [0.4, 0.5) is 23.2 Å². The van der Waals surface area contributed by atoms with E-state index in [2.05, 4.69) is 5.32 Å². The van der Waals surface area contributed by atoms with Crippen LogP contribution in [0.5, 0.6) is 0 Å². The molecule has 0 aromatic heterocycles. The van der Waals surface area contributed by atoms with Crippen molar-refractivity contribution in [1.29, 1.82) is 0 Å². The Morgan fingerprint density at radius 3 is 2.41 bits per heavy atom. The fourth-order valence-corrected chi connectivity index (χ4v) is 2.45. The molecule has 0 radical (unpaired) electrons. The Labute approximate surface area is 153 Å². The summed E-state index contributed by atoms with van der Waals surface area (Å²) in [6.45, 7) is 1.02. The summed E-state index contributed by atoms with van der Waals surface area (Å²) in [5.41, 5.74) is -0.502. The zero-order valence-corrected chi connectivity index (χ0v) is 14.5. The molecule has 0 spiro atoms. The minimum atomic E-state index is -4.52. The Balaban J connectivity index is 1.99. The molecule has 0 aliphatic rings. The van der Waals surface area contributed by atoms with E-state index in [4.69, 9.17) is 0 Å². The summed E-state index contributed by atoms with van der Waals surface area (Å²) in [5.74, 6) is -1.45. The molecule has 2 amide bonds. The predicted molar refractivity (Wildman–Crippen MR) is 92.4 cm³/mol. The number of halogens is 4. The number of hydrogen-bond acceptors (Lipinski definition) is 2. The van der Waals surface area contributed by atoms with Crippen LogP contribution >= 0.6 is 0 Å². The van der Waals surface area contributed by atoms with Crippen LogP contribution in [-0.4, -0.2) is 29.8 Å². The lowest BCUT2D eigenvalue weighted by molar-refractivity contribution is -0.137. The monoisotopic (exact) mass is 382 g/mol. The Morgan fingerprint density at radius 1 is 1.07 bits per heavy atom. The third kappa shape index (κ3) is 6.09. The maximum absolute atomic E-state index is 13.7. The Kier molecular flexibility index (Phi) is 6.55. The third-order valence-corrected chi connectivity index (χ3v) is 3.86. The molecule has 0 saturated heterocycles. The summed E-state index contributed by atoms with van der Waals surface area (Å²) in [6, 6.07) is 10.3. The van der Waals surface area contributed by atoms with E-state index in [1.165, 1.54) is 30.0 Å². The van der Waals surface area contributed by atoms with Crippen LogP contribution in [0.1, 0.15) is 18.1 Å². The number of rotatable bonds is 6. The van der Waals surface area contributed by atoms with Crippen LogP contribution in [-0.2, 0) is 22.2 Å². The predicted octanol–water partition coefficient (Wildman–Crippen LogP) is 3.87. The van der Waals surface area contributed by atoms with E-state index in [9.17, 15) is 27.2 Å². The summed E-state index contributed by atoms with van der Waals surface area (Å²) < 4.78 is 51.8. The van der Waals surface area contributed by atoms with Crippen molar-refractivity contribution in [2.45, 2.75) is 19.5 Å². The quantitative estimate of drug-likeness (QED) is 0.771. The zero-order chi connectivity index (χ0) is 20.0. The molecule has 2 aromatic rings. The van der Waals surface area contributed by atoms with E-state index in [1.54, 1.807) is 18.2 Å². The fourth-order valence-electron chi connectivity index (χ4n) is 2.45. The Morgan fingerprint density at radius 2 is 1.78 bits per heavy atom. The highest BCUT2D eigenvalue weighted by Gasteiger charge is 2.30. The highest BCUT2D eigenvalue weighted by atomic mass is 19.4. The number of nitrogens with one attached hydrogen (secondary N) is 1. The molecule has 0 fully saturated rings. The maximum atomic E-state index is 13.7. The molecule has 0 aliphatic carbocycles. The van der Waals surface area contributed by atoms with Gasteiger partial charge < -0.3 is 10.2 Å². The van der Waals surface area contributed by atoms with Gasteiger partial charge in [-0.25, -0.2) is 4.39 Å². The highest BCUT2D eigenvalue weighted by molar-refractivity contribution is 5.94. The Bertz CT molecular complexity index is 821. The molecular formula is C19H18F4N2O2. The maximum Gasteiger partial charge on any atom is 0.416 e. The number of carbonyl (C=O) groups is 2. The SMILES string of the molecule is CC(=O)N(CCc1ccccc1F)CC(=O)Nc1cccc(C(F)(F)F)c1. The van der Waals surface area contributed by atoms with Gasteiger partial charge in [-0.05, 0) is 36.2 Å². The molecule has 0 heterocycles. The number of hydrogen-bond donors (Lipinski definition) is 1. The van der Waals surface area contributed by atoms with E-state index in [1.807, 2.05) is 0 Å². The standard InChI is InChI=1S/C19H18F4N2O2/c1-13(26)25(10-9-14-5-2-3-8-17(14)20)12-18(27)24-16-7-4-6-15(11-16)19(21,22)23/h2-8,11H,9-10,12H2,1H3,(H,24,27). The van der Waals surface area contributed by atoms with Gasteiger partial charge in [-0.1, -0.05) is 24.3 Å². The number of amides is 2. The summed E-state index contributed by atoms with van der Waals surface area (Å²) >= 11 is 0. The van der Waals surface area contributed by atoms with Crippen LogP contribution in [0.15, 0.2) is 48.5 Å². The second-order valence-electron chi connectivity index (χ2n) is 5.91. The van der Waals surface area contributed by atoms with Crippen LogP contribution in [0.2, 0.25) is 0 Å². The smallest absolute Gasteiger partial charge is 0.333 e. The van der Waals surface area contributed by atoms with Crippen LogP contribution in [0, 0.1) is 5.82 Å². The second kappa shape index (κ2) is 8.66. The summed E-state index contributed by atoms with van der Waals surface area (Å²) in [4.78, 5) is 25.0. The van der Waals surface area contributed by atoms with Crippen molar-refractivity contribution >= 4 is 17.5 Å². The lowest BCUT2D eigenvalue weighted by Gasteiger charge is -2.21. The van der Waals surface area contributed by atoms with Crippen LogP contribution in [0.25, 0.3) is 0 Å². The van der Waals surface area contributed by atoms with Crippen molar-refractivity contribution in [3.63, 3.8) is 0 Å². The molecule has 0 unspecified atom stereocenters. The van der Waals surface area contributed by atoms with Gasteiger partial charge in [-0.2, -0.15) is 13.2 Å². The molecule has 27 heavy (non-hydrogen) atoms. The van der Waals surface area contributed by atoms with Gasteiger partial charge in [-0.15, -0.1) is 0 Å². The molecule has 0 bridgehead atoms. The molecule has 2 aromatic carbocycles. The summed E-state index contributed by atoms with van der Waals surface area (Å²) in [7, 11) is 0. The lowest BCUT2D eigenvalue weighted by atomic mass is 10.1. The normalized spacial score (nSPS) is 11.1. The number of alkyl halides is 3. The summed E-state index contributed by atoms with van der Waals surface area (Å²) in [6.07, 6.45) is -4.31. The van der Waals surface area contributed by atoms with Crippen molar-refractivity contribution < 1.29 is 27.2 Å². The summed E-state index contributed by atoms with van der Waals surface area (Å²) in [5, 5.41) is 2.34. The first-order chi connectivity index (χ1) is 12.7. The van der Waals surface area contributed by atoms with Crippen LogP contribution in [0.3, 0.4) is 0 Å². The number of nitrogens with zero attached hydrogens (tertiary/aromatic N) is 1. The van der Waals surface area contributed by atoms with E-state index in [0.717, 1.165) is 12.1 Å². The minimum absolute atomic E-state index is 0.0209. The highest BCUT2D eigenvalue weighted by Crippen LogP contribution is 2.30. The van der Waals surface area contributed by atoms with E-state index < -0.39 is 29.4 Å². The minimum Gasteiger partial charge on any atom is -0.333 e.